The summed E-state index contributed by atoms with van der Waals surface area (Å²) in [6, 6.07) is 3.24. The van der Waals surface area contributed by atoms with Crippen LogP contribution in [0.2, 0.25) is 5.02 Å². The van der Waals surface area contributed by atoms with Gasteiger partial charge in [-0.3, -0.25) is 0 Å². The van der Waals surface area contributed by atoms with Crippen LogP contribution in [-0.2, 0) is 0 Å². The van der Waals surface area contributed by atoms with Gasteiger partial charge in [-0.2, -0.15) is 0 Å². The van der Waals surface area contributed by atoms with Gasteiger partial charge in [0.2, 0.25) is 0 Å². The van der Waals surface area contributed by atoms with E-state index in [0.29, 0.717) is 10.8 Å². The summed E-state index contributed by atoms with van der Waals surface area (Å²) in [5, 5.41) is 2.86. The standard InChI is InChI=1S/C9H11ClF2N2/c1-2-9(11,12)6-14-8-7(10)4-3-5-13-8/h3-5H,2,6H2,1H3,(H,13,14). The molecule has 0 unspecified atom stereocenters. The predicted octanol–water partition coefficient (Wildman–Crippen LogP) is 3.19. The van der Waals surface area contributed by atoms with Crippen LogP contribution in [0, 0.1) is 0 Å². The maximum Gasteiger partial charge on any atom is 0.264 e. The van der Waals surface area contributed by atoms with E-state index in [1.54, 1.807) is 12.1 Å². The van der Waals surface area contributed by atoms with Gasteiger partial charge < -0.3 is 5.32 Å². The fourth-order valence-corrected chi connectivity index (χ4v) is 1.04. The first kappa shape index (κ1) is 11.2. The molecule has 0 bridgehead atoms. The molecule has 0 saturated heterocycles. The molecule has 1 aromatic heterocycles. The third-order valence-electron chi connectivity index (χ3n) is 1.79. The lowest BCUT2D eigenvalue weighted by atomic mass is 10.2. The minimum Gasteiger partial charge on any atom is -0.363 e. The van der Waals surface area contributed by atoms with E-state index in [-0.39, 0.29) is 6.42 Å². The smallest absolute Gasteiger partial charge is 0.264 e. The first-order valence-electron chi connectivity index (χ1n) is 4.27. The van der Waals surface area contributed by atoms with Crippen LogP contribution in [0.25, 0.3) is 0 Å². The van der Waals surface area contributed by atoms with E-state index < -0.39 is 12.5 Å². The maximum atomic E-state index is 12.8. The van der Waals surface area contributed by atoms with E-state index in [1.165, 1.54) is 13.1 Å². The van der Waals surface area contributed by atoms with Crippen molar-refractivity contribution in [2.45, 2.75) is 19.3 Å². The van der Waals surface area contributed by atoms with E-state index in [2.05, 4.69) is 10.3 Å². The molecule has 0 atom stereocenters. The summed E-state index contributed by atoms with van der Waals surface area (Å²) >= 11 is 5.73. The van der Waals surface area contributed by atoms with Gasteiger partial charge in [0.25, 0.3) is 5.92 Å². The Balaban J connectivity index is 2.58. The Hall–Kier alpha value is -0.900. The number of alkyl halides is 2. The first-order chi connectivity index (χ1) is 6.55. The highest BCUT2D eigenvalue weighted by atomic mass is 35.5. The summed E-state index contributed by atoms with van der Waals surface area (Å²) < 4.78 is 25.7. The lowest BCUT2D eigenvalue weighted by Gasteiger charge is -2.15. The maximum absolute atomic E-state index is 12.8. The minimum absolute atomic E-state index is 0.204. The molecule has 14 heavy (non-hydrogen) atoms. The van der Waals surface area contributed by atoms with Crippen LogP contribution in [0.5, 0.6) is 0 Å². The van der Waals surface area contributed by atoms with E-state index in [9.17, 15) is 8.78 Å². The molecule has 0 aliphatic carbocycles. The van der Waals surface area contributed by atoms with Crippen molar-refractivity contribution < 1.29 is 8.78 Å². The Morgan fingerprint density at radius 3 is 2.86 bits per heavy atom. The topological polar surface area (TPSA) is 24.9 Å². The van der Waals surface area contributed by atoms with E-state index in [4.69, 9.17) is 11.6 Å². The van der Waals surface area contributed by atoms with Crippen molar-refractivity contribution in [1.29, 1.82) is 0 Å². The molecule has 78 valence electrons. The molecular formula is C9H11ClF2N2. The molecule has 0 saturated carbocycles. The Bertz CT molecular complexity index is 305. The minimum atomic E-state index is -2.72. The van der Waals surface area contributed by atoms with Crippen molar-refractivity contribution in [2.24, 2.45) is 0 Å². The summed E-state index contributed by atoms with van der Waals surface area (Å²) in [6.45, 7) is 0.988. The van der Waals surface area contributed by atoms with Crippen LogP contribution in [0.15, 0.2) is 18.3 Å². The number of rotatable bonds is 4. The Labute approximate surface area is 86.3 Å². The van der Waals surface area contributed by atoms with Gasteiger partial charge in [-0.25, -0.2) is 13.8 Å². The highest BCUT2D eigenvalue weighted by molar-refractivity contribution is 6.32. The molecule has 1 aromatic rings. The molecule has 5 heteroatoms. The molecule has 1 N–H and O–H groups in total. The van der Waals surface area contributed by atoms with Crippen molar-refractivity contribution in [1.82, 2.24) is 4.98 Å². The second-order valence-corrected chi connectivity index (χ2v) is 3.30. The summed E-state index contributed by atoms with van der Waals surface area (Å²) in [7, 11) is 0. The van der Waals surface area contributed by atoms with Crippen molar-refractivity contribution in [3.05, 3.63) is 23.4 Å². The molecular weight excluding hydrogens is 210 g/mol. The number of nitrogens with zero attached hydrogens (tertiary/aromatic N) is 1. The van der Waals surface area contributed by atoms with Gasteiger partial charge >= 0.3 is 0 Å². The fraction of sp³-hybridized carbons (Fsp3) is 0.444. The largest absolute Gasteiger partial charge is 0.363 e. The van der Waals surface area contributed by atoms with Crippen LogP contribution < -0.4 is 5.32 Å². The summed E-state index contributed by atoms with van der Waals surface area (Å²) in [4.78, 5) is 3.84. The van der Waals surface area contributed by atoms with Crippen molar-refractivity contribution >= 4 is 17.4 Å². The zero-order valence-corrected chi connectivity index (χ0v) is 8.48. The summed E-state index contributed by atoms with van der Waals surface area (Å²) in [6.07, 6.45) is 1.29. The second kappa shape index (κ2) is 4.55. The van der Waals surface area contributed by atoms with E-state index >= 15 is 0 Å². The second-order valence-electron chi connectivity index (χ2n) is 2.90. The van der Waals surface area contributed by atoms with Crippen LogP contribution in [0.4, 0.5) is 14.6 Å². The average Bonchev–Trinajstić information content (AvgIpc) is 2.17. The van der Waals surface area contributed by atoms with Crippen LogP contribution in [0.3, 0.4) is 0 Å². The molecule has 0 aliphatic rings. The Morgan fingerprint density at radius 1 is 1.57 bits per heavy atom. The van der Waals surface area contributed by atoms with Gasteiger partial charge in [-0.1, -0.05) is 18.5 Å². The molecule has 2 nitrogen and oxygen atoms in total. The molecule has 0 amide bonds. The fourth-order valence-electron chi connectivity index (χ4n) is 0.854. The monoisotopic (exact) mass is 220 g/mol. The lowest BCUT2D eigenvalue weighted by molar-refractivity contribution is 0.0115. The highest BCUT2D eigenvalue weighted by Crippen LogP contribution is 2.21. The average molecular weight is 221 g/mol. The number of hydrogen-bond acceptors (Lipinski definition) is 2. The van der Waals surface area contributed by atoms with Crippen LogP contribution >= 0.6 is 11.6 Å². The van der Waals surface area contributed by atoms with Gasteiger partial charge in [0.1, 0.15) is 5.82 Å². The Kier molecular flexibility index (Phi) is 3.63. The molecule has 0 spiro atoms. The van der Waals surface area contributed by atoms with Crippen molar-refractivity contribution in [3.63, 3.8) is 0 Å². The molecule has 0 fully saturated rings. The third-order valence-corrected chi connectivity index (χ3v) is 2.10. The normalized spacial score (nSPS) is 11.4. The molecule has 0 radical (unpaired) electrons. The number of aromatic nitrogens is 1. The van der Waals surface area contributed by atoms with E-state index in [0.717, 1.165) is 0 Å². The van der Waals surface area contributed by atoms with Crippen LogP contribution in [0.1, 0.15) is 13.3 Å². The number of pyridine rings is 1. The summed E-state index contributed by atoms with van der Waals surface area (Å²) in [5.41, 5.74) is 0. The zero-order valence-electron chi connectivity index (χ0n) is 7.73. The zero-order chi connectivity index (χ0) is 10.6. The van der Waals surface area contributed by atoms with Crippen molar-refractivity contribution in [3.8, 4) is 0 Å². The summed E-state index contributed by atoms with van der Waals surface area (Å²) in [5.74, 6) is -2.43. The molecule has 1 rings (SSSR count). The van der Waals surface area contributed by atoms with Gasteiger partial charge in [-0.05, 0) is 12.1 Å². The van der Waals surface area contributed by atoms with Gasteiger partial charge in [0.05, 0.1) is 11.6 Å². The SMILES string of the molecule is CCC(F)(F)CNc1ncccc1Cl. The molecule has 1 heterocycles. The predicted molar refractivity (Wildman–Crippen MR) is 53.0 cm³/mol. The van der Waals surface area contributed by atoms with Crippen molar-refractivity contribution in [2.75, 3.05) is 11.9 Å². The van der Waals surface area contributed by atoms with Crippen LogP contribution in [-0.4, -0.2) is 17.5 Å². The number of hydrogen-bond donors (Lipinski definition) is 1. The third kappa shape index (κ3) is 3.10. The number of anilines is 1. The van der Waals surface area contributed by atoms with Gasteiger partial charge in [0, 0.05) is 12.6 Å². The quantitative estimate of drug-likeness (QED) is 0.843. The lowest BCUT2D eigenvalue weighted by Crippen LogP contribution is -2.26. The molecule has 0 aliphatic heterocycles. The Morgan fingerprint density at radius 2 is 2.29 bits per heavy atom. The number of nitrogens with one attached hydrogen (secondary N) is 1. The van der Waals surface area contributed by atoms with Gasteiger partial charge in [-0.15, -0.1) is 0 Å². The van der Waals surface area contributed by atoms with E-state index in [1.807, 2.05) is 0 Å². The van der Waals surface area contributed by atoms with Gasteiger partial charge in [0.15, 0.2) is 0 Å². The first-order valence-corrected chi connectivity index (χ1v) is 4.65. The highest BCUT2D eigenvalue weighted by Gasteiger charge is 2.25. The number of halogens is 3. The molecule has 0 aromatic carbocycles.